The molecule has 7 heteroatoms. The number of aryl methyl sites for hydroxylation is 1. The molecule has 1 heterocycles. The van der Waals surface area contributed by atoms with Crippen molar-refractivity contribution in [1.29, 1.82) is 0 Å². The van der Waals surface area contributed by atoms with E-state index in [-0.39, 0.29) is 24.7 Å². The lowest BCUT2D eigenvalue weighted by Gasteiger charge is -2.22. The summed E-state index contributed by atoms with van der Waals surface area (Å²) < 4.78 is 0. The molecule has 27 heavy (non-hydrogen) atoms. The number of carbonyl (C=O) groups is 2. The topological polar surface area (TPSA) is 77.8 Å². The van der Waals surface area contributed by atoms with Gasteiger partial charge in [0.1, 0.15) is 0 Å². The monoisotopic (exact) mass is 385 g/mol. The van der Waals surface area contributed by atoms with Crippen LogP contribution in [-0.4, -0.2) is 35.4 Å². The van der Waals surface area contributed by atoms with Crippen LogP contribution in [0.3, 0.4) is 0 Å². The maximum atomic E-state index is 12.6. The van der Waals surface area contributed by atoms with E-state index < -0.39 is 12.9 Å². The minimum Gasteiger partial charge on any atom is -0.427 e. The molecular formula is C20H24BNO4S. The minimum absolute atomic E-state index is 0.0263. The van der Waals surface area contributed by atoms with Crippen LogP contribution in [-0.2, 0) is 22.4 Å². The number of carbonyl (C=O) groups excluding carboxylic acids is 2. The number of rotatable bonds is 10. The van der Waals surface area contributed by atoms with Gasteiger partial charge in [-0.05, 0) is 59.0 Å². The van der Waals surface area contributed by atoms with Gasteiger partial charge in [0.25, 0.3) is 5.91 Å². The van der Waals surface area contributed by atoms with Gasteiger partial charge in [-0.15, -0.1) is 0 Å². The zero-order valence-corrected chi connectivity index (χ0v) is 16.2. The first-order valence-electron chi connectivity index (χ1n) is 8.86. The van der Waals surface area contributed by atoms with E-state index in [9.17, 15) is 19.6 Å². The van der Waals surface area contributed by atoms with Gasteiger partial charge in [0.15, 0.2) is 5.78 Å². The third-order valence-electron chi connectivity index (χ3n) is 4.42. The second-order valence-corrected chi connectivity index (χ2v) is 7.18. The molecule has 0 saturated carbocycles. The number of hydrogen-bond acceptors (Lipinski definition) is 5. The average molecular weight is 385 g/mol. The van der Waals surface area contributed by atoms with E-state index in [0.29, 0.717) is 12.1 Å². The third kappa shape index (κ3) is 6.17. The quantitative estimate of drug-likeness (QED) is 0.487. The second kappa shape index (κ2) is 10.2. The summed E-state index contributed by atoms with van der Waals surface area (Å²) in [5.74, 6) is -1.22. The summed E-state index contributed by atoms with van der Waals surface area (Å²) in [7, 11) is -1.60. The zero-order chi connectivity index (χ0) is 19.8. The molecule has 0 fully saturated rings. The minimum atomic E-state index is -1.60. The Kier molecular flexibility index (Phi) is 7.97. The highest BCUT2D eigenvalue weighted by Crippen LogP contribution is 2.23. The van der Waals surface area contributed by atoms with Crippen LogP contribution in [0.25, 0.3) is 0 Å². The number of hydrogen-bond donors (Lipinski definition) is 2. The number of thiophene rings is 1. The summed E-state index contributed by atoms with van der Waals surface area (Å²) in [6.07, 6.45) is 2.42. The Bertz CT molecular complexity index is 759. The second-order valence-electron chi connectivity index (χ2n) is 6.40. The van der Waals surface area contributed by atoms with Crippen LogP contribution in [0.2, 0.25) is 5.82 Å². The first-order chi connectivity index (χ1) is 12.9. The highest BCUT2D eigenvalue weighted by atomic mass is 32.1. The fraction of sp³-hybridized carbons (Fsp3) is 0.300. The normalized spacial score (nSPS) is 11.7. The molecule has 1 atom stereocenters. The lowest BCUT2D eigenvalue weighted by atomic mass is 9.67. The Hall–Kier alpha value is -2.22. The summed E-state index contributed by atoms with van der Waals surface area (Å²) in [6.45, 7) is 5.41. The summed E-state index contributed by atoms with van der Waals surface area (Å²) in [6, 6.07) is 9.34. The number of ketones is 1. The van der Waals surface area contributed by atoms with Crippen molar-refractivity contribution >= 4 is 35.8 Å². The number of benzene rings is 1. The maximum Gasteiger partial charge on any atom is 0.455 e. The summed E-state index contributed by atoms with van der Waals surface area (Å²) >= 11 is 1.52. The van der Waals surface area contributed by atoms with Crippen molar-refractivity contribution in [3.63, 3.8) is 0 Å². The molecule has 1 amide bonds. The highest BCUT2D eigenvalue weighted by Gasteiger charge is 2.28. The van der Waals surface area contributed by atoms with Gasteiger partial charge in [-0.2, -0.15) is 11.3 Å². The number of amides is 1. The van der Waals surface area contributed by atoms with Crippen molar-refractivity contribution in [2.75, 3.05) is 11.4 Å². The zero-order valence-electron chi connectivity index (χ0n) is 15.4. The molecule has 0 saturated heterocycles. The van der Waals surface area contributed by atoms with Gasteiger partial charge in [0.05, 0.1) is 6.54 Å². The third-order valence-corrected chi connectivity index (χ3v) is 5.15. The predicted molar refractivity (Wildman–Crippen MR) is 110 cm³/mol. The number of Topliss-reactive ketones (excluding diaryl/α,β-unsaturated/α-hetero) is 1. The molecule has 0 bridgehead atoms. The first kappa shape index (κ1) is 21.1. The molecule has 142 valence electrons. The van der Waals surface area contributed by atoms with Gasteiger partial charge in [0, 0.05) is 17.9 Å². The van der Waals surface area contributed by atoms with Gasteiger partial charge in [-0.3, -0.25) is 9.59 Å². The van der Waals surface area contributed by atoms with Crippen LogP contribution in [0.15, 0.2) is 53.7 Å². The van der Waals surface area contributed by atoms with Gasteiger partial charge in [-0.1, -0.05) is 25.6 Å². The van der Waals surface area contributed by atoms with Crippen molar-refractivity contribution in [1.82, 2.24) is 0 Å². The molecule has 0 aliphatic carbocycles. The average Bonchev–Trinajstić information content (AvgIpc) is 3.18. The van der Waals surface area contributed by atoms with Gasteiger partial charge < -0.3 is 14.9 Å². The van der Waals surface area contributed by atoms with Crippen molar-refractivity contribution in [3.05, 3.63) is 64.9 Å². The van der Waals surface area contributed by atoms with Gasteiger partial charge >= 0.3 is 7.12 Å². The molecular weight excluding hydrogens is 361 g/mol. The van der Waals surface area contributed by atoms with E-state index in [2.05, 4.69) is 6.58 Å². The molecule has 2 rings (SSSR count). The van der Waals surface area contributed by atoms with Gasteiger partial charge in [-0.25, -0.2) is 0 Å². The molecule has 0 spiro atoms. The fourth-order valence-corrected chi connectivity index (χ4v) is 3.53. The van der Waals surface area contributed by atoms with Crippen LogP contribution >= 0.6 is 11.3 Å². The Morgan fingerprint density at radius 3 is 2.44 bits per heavy atom. The Morgan fingerprint density at radius 2 is 1.93 bits per heavy atom. The predicted octanol–water partition coefficient (Wildman–Crippen LogP) is 2.87. The molecule has 1 aromatic carbocycles. The Balaban J connectivity index is 2.09. The van der Waals surface area contributed by atoms with Crippen molar-refractivity contribution in [2.45, 2.75) is 32.0 Å². The van der Waals surface area contributed by atoms with Crippen LogP contribution in [0.4, 0.5) is 5.69 Å². The molecule has 0 aliphatic rings. The van der Waals surface area contributed by atoms with Crippen LogP contribution < -0.4 is 4.90 Å². The van der Waals surface area contributed by atoms with E-state index in [1.807, 2.05) is 35.9 Å². The molecule has 5 nitrogen and oxygen atoms in total. The van der Waals surface area contributed by atoms with E-state index in [1.54, 1.807) is 12.1 Å². The van der Waals surface area contributed by atoms with Crippen molar-refractivity contribution in [3.8, 4) is 0 Å². The van der Waals surface area contributed by atoms with E-state index >= 15 is 0 Å². The first-order valence-corrected chi connectivity index (χ1v) is 9.80. The van der Waals surface area contributed by atoms with E-state index in [0.717, 1.165) is 17.5 Å². The van der Waals surface area contributed by atoms with Crippen LogP contribution in [0, 0.1) is 0 Å². The van der Waals surface area contributed by atoms with E-state index in [1.165, 1.54) is 22.3 Å². The standard InChI is InChI=1S/C20H24BNO4S/c1-3-15-5-7-18(8-6-15)22(20(24)4-2)13-19(23)12-17(21(25)26)11-16-9-10-27-14-16/h4-10,14,17,25-26H,2-3,11-13H2,1H3/t17-/m1/s1. The molecule has 0 unspecified atom stereocenters. The number of anilines is 1. The van der Waals surface area contributed by atoms with Crippen molar-refractivity contribution < 1.29 is 19.6 Å². The SMILES string of the molecule is C=CC(=O)N(CC(=O)C[C@@H](Cc1ccsc1)B(O)O)c1ccc(CC)cc1. The summed E-state index contributed by atoms with van der Waals surface area (Å²) in [4.78, 5) is 26.2. The molecule has 2 aromatic rings. The highest BCUT2D eigenvalue weighted by molar-refractivity contribution is 7.07. The molecule has 0 radical (unpaired) electrons. The number of nitrogens with zero attached hydrogens (tertiary/aromatic N) is 1. The van der Waals surface area contributed by atoms with E-state index in [4.69, 9.17) is 0 Å². The lowest BCUT2D eigenvalue weighted by molar-refractivity contribution is -0.120. The molecule has 2 N–H and O–H groups in total. The smallest absolute Gasteiger partial charge is 0.427 e. The maximum absolute atomic E-state index is 12.6. The lowest BCUT2D eigenvalue weighted by Crippen LogP contribution is -2.36. The fourth-order valence-electron chi connectivity index (χ4n) is 2.85. The largest absolute Gasteiger partial charge is 0.455 e. The Morgan fingerprint density at radius 1 is 1.22 bits per heavy atom. The van der Waals surface area contributed by atoms with Crippen LogP contribution in [0.5, 0.6) is 0 Å². The molecule has 0 aliphatic heterocycles. The molecule has 1 aromatic heterocycles. The summed E-state index contributed by atoms with van der Waals surface area (Å²) in [5, 5.41) is 23.1. The van der Waals surface area contributed by atoms with Crippen LogP contribution in [0.1, 0.15) is 24.5 Å². The summed E-state index contributed by atoms with van der Waals surface area (Å²) in [5.41, 5.74) is 2.71. The Labute approximate surface area is 164 Å². The van der Waals surface area contributed by atoms with Gasteiger partial charge in [0.2, 0.25) is 0 Å². The van der Waals surface area contributed by atoms with Crippen molar-refractivity contribution in [2.24, 2.45) is 0 Å².